The van der Waals surface area contributed by atoms with E-state index in [1.54, 1.807) is 13.4 Å². The molecule has 1 amide bonds. The summed E-state index contributed by atoms with van der Waals surface area (Å²) in [6.07, 6.45) is 2.13. The minimum absolute atomic E-state index is 0.0375. The van der Waals surface area contributed by atoms with Gasteiger partial charge in [-0.2, -0.15) is 0 Å². The van der Waals surface area contributed by atoms with Gasteiger partial charge in [0.15, 0.2) is 0 Å². The molecule has 1 aromatic heterocycles. The largest absolute Gasteiger partial charge is 0.359 e. The molecular weight excluding hydrogens is 182 g/mol. The molecule has 6 heteroatoms. The lowest BCUT2D eigenvalue weighted by Crippen LogP contribution is -2.25. The predicted octanol–water partition coefficient (Wildman–Crippen LogP) is -0.959. The van der Waals surface area contributed by atoms with Gasteiger partial charge in [0.25, 0.3) is 0 Å². The Hall–Kier alpha value is -1.43. The first kappa shape index (κ1) is 10.6. The minimum atomic E-state index is 0.0375. The van der Waals surface area contributed by atoms with Crippen molar-refractivity contribution in [2.45, 2.75) is 13.0 Å². The summed E-state index contributed by atoms with van der Waals surface area (Å²) in [5, 5.41) is 13.3. The number of rotatable bonds is 5. The Balaban J connectivity index is 2.16. The molecule has 0 aliphatic carbocycles. The number of carbonyl (C=O) groups is 1. The van der Waals surface area contributed by atoms with Crippen LogP contribution in [-0.4, -0.2) is 34.3 Å². The fraction of sp³-hybridized carbons (Fsp3) is 0.625. The summed E-state index contributed by atoms with van der Waals surface area (Å²) in [6, 6.07) is 0. The number of amides is 1. The SMILES string of the molecule is CNC(=O)CCNCc1nncn1C. The Morgan fingerprint density at radius 3 is 3.00 bits per heavy atom. The van der Waals surface area contributed by atoms with E-state index in [4.69, 9.17) is 0 Å². The normalized spacial score (nSPS) is 10.1. The summed E-state index contributed by atoms with van der Waals surface area (Å²) < 4.78 is 1.84. The lowest BCUT2D eigenvalue weighted by molar-refractivity contribution is -0.120. The van der Waals surface area contributed by atoms with Crippen LogP contribution in [0.3, 0.4) is 0 Å². The van der Waals surface area contributed by atoms with Gasteiger partial charge >= 0.3 is 0 Å². The second-order valence-corrected chi connectivity index (χ2v) is 2.96. The molecule has 0 aromatic carbocycles. The number of aryl methyl sites for hydroxylation is 1. The molecule has 78 valence electrons. The third-order valence-corrected chi connectivity index (χ3v) is 1.90. The van der Waals surface area contributed by atoms with Crippen molar-refractivity contribution >= 4 is 5.91 Å². The highest BCUT2D eigenvalue weighted by Crippen LogP contribution is 1.89. The molecule has 0 saturated carbocycles. The van der Waals surface area contributed by atoms with Crippen LogP contribution < -0.4 is 10.6 Å². The second-order valence-electron chi connectivity index (χ2n) is 2.96. The monoisotopic (exact) mass is 197 g/mol. The van der Waals surface area contributed by atoms with E-state index in [1.165, 1.54) is 0 Å². The van der Waals surface area contributed by atoms with Gasteiger partial charge in [-0.1, -0.05) is 0 Å². The molecule has 0 aliphatic rings. The van der Waals surface area contributed by atoms with Gasteiger partial charge in [-0.15, -0.1) is 10.2 Å². The highest BCUT2D eigenvalue weighted by molar-refractivity contribution is 5.75. The minimum Gasteiger partial charge on any atom is -0.359 e. The molecule has 1 aromatic rings. The van der Waals surface area contributed by atoms with Crippen molar-refractivity contribution in [2.24, 2.45) is 7.05 Å². The third-order valence-electron chi connectivity index (χ3n) is 1.90. The number of nitrogens with zero attached hydrogens (tertiary/aromatic N) is 3. The Labute approximate surface area is 82.7 Å². The topological polar surface area (TPSA) is 71.8 Å². The molecule has 1 rings (SSSR count). The van der Waals surface area contributed by atoms with Gasteiger partial charge in [-0.25, -0.2) is 0 Å². The molecule has 0 atom stereocenters. The van der Waals surface area contributed by atoms with E-state index in [0.29, 0.717) is 19.5 Å². The molecule has 0 aliphatic heterocycles. The van der Waals surface area contributed by atoms with Crippen molar-refractivity contribution in [2.75, 3.05) is 13.6 Å². The van der Waals surface area contributed by atoms with Gasteiger partial charge < -0.3 is 15.2 Å². The maximum Gasteiger partial charge on any atom is 0.221 e. The average Bonchev–Trinajstić information content (AvgIpc) is 2.58. The molecule has 14 heavy (non-hydrogen) atoms. The first-order valence-corrected chi connectivity index (χ1v) is 4.48. The van der Waals surface area contributed by atoms with E-state index in [1.807, 2.05) is 11.6 Å². The van der Waals surface area contributed by atoms with Gasteiger partial charge in [0.1, 0.15) is 12.2 Å². The fourth-order valence-electron chi connectivity index (χ4n) is 0.994. The van der Waals surface area contributed by atoms with Crippen LogP contribution >= 0.6 is 0 Å². The summed E-state index contributed by atoms with van der Waals surface area (Å²) in [7, 11) is 3.51. The summed E-state index contributed by atoms with van der Waals surface area (Å²) in [5.41, 5.74) is 0. The number of aromatic nitrogens is 3. The zero-order valence-corrected chi connectivity index (χ0v) is 8.45. The first-order valence-electron chi connectivity index (χ1n) is 4.48. The molecule has 0 saturated heterocycles. The molecule has 0 radical (unpaired) electrons. The van der Waals surface area contributed by atoms with Gasteiger partial charge in [-0.05, 0) is 0 Å². The highest BCUT2D eigenvalue weighted by Gasteiger charge is 2.00. The lowest BCUT2D eigenvalue weighted by Gasteiger charge is -2.03. The van der Waals surface area contributed by atoms with Crippen molar-refractivity contribution in [3.63, 3.8) is 0 Å². The van der Waals surface area contributed by atoms with Crippen LogP contribution in [-0.2, 0) is 18.4 Å². The fourth-order valence-corrected chi connectivity index (χ4v) is 0.994. The van der Waals surface area contributed by atoms with Gasteiger partial charge in [-0.3, -0.25) is 4.79 Å². The quantitative estimate of drug-likeness (QED) is 0.596. The van der Waals surface area contributed by atoms with Crippen LogP contribution in [0.2, 0.25) is 0 Å². The van der Waals surface area contributed by atoms with Gasteiger partial charge in [0.05, 0.1) is 6.54 Å². The zero-order chi connectivity index (χ0) is 10.4. The molecule has 2 N–H and O–H groups in total. The van der Waals surface area contributed by atoms with Crippen molar-refractivity contribution < 1.29 is 4.79 Å². The van der Waals surface area contributed by atoms with Crippen molar-refractivity contribution in [1.82, 2.24) is 25.4 Å². The van der Waals surface area contributed by atoms with Crippen LogP contribution in [0, 0.1) is 0 Å². The van der Waals surface area contributed by atoms with E-state index in [-0.39, 0.29) is 5.91 Å². The highest BCUT2D eigenvalue weighted by atomic mass is 16.1. The van der Waals surface area contributed by atoms with Crippen LogP contribution in [0.25, 0.3) is 0 Å². The number of nitrogens with one attached hydrogen (secondary N) is 2. The van der Waals surface area contributed by atoms with E-state index in [0.717, 1.165) is 5.82 Å². The summed E-state index contributed by atoms with van der Waals surface area (Å²) in [5.74, 6) is 0.900. The molecule has 0 fully saturated rings. The van der Waals surface area contributed by atoms with E-state index in [9.17, 15) is 4.79 Å². The smallest absolute Gasteiger partial charge is 0.221 e. The molecule has 0 bridgehead atoms. The van der Waals surface area contributed by atoms with E-state index >= 15 is 0 Å². The van der Waals surface area contributed by atoms with Crippen LogP contribution in [0.4, 0.5) is 0 Å². The molecule has 6 nitrogen and oxygen atoms in total. The van der Waals surface area contributed by atoms with E-state index < -0.39 is 0 Å². The average molecular weight is 197 g/mol. The third kappa shape index (κ3) is 3.14. The van der Waals surface area contributed by atoms with Crippen LogP contribution in [0.5, 0.6) is 0 Å². The standard InChI is InChI=1S/C8H15N5O/c1-9-8(14)3-4-10-5-7-12-11-6-13(7)2/h6,10H,3-5H2,1-2H3,(H,9,14). The summed E-state index contributed by atoms with van der Waals surface area (Å²) >= 11 is 0. The second kappa shape index (κ2) is 5.33. The molecule has 1 heterocycles. The Bertz CT molecular complexity index is 296. The number of hydrogen-bond donors (Lipinski definition) is 2. The van der Waals surface area contributed by atoms with E-state index in [2.05, 4.69) is 20.8 Å². The van der Waals surface area contributed by atoms with Crippen molar-refractivity contribution in [3.8, 4) is 0 Å². The molecular formula is C8H15N5O. The Kier molecular flexibility index (Phi) is 4.06. The zero-order valence-electron chi connectivity index (χ0n) is 8.45. The maximum absolute atomic E-state index is 10.9. The lowest BCUT2D eigenvalue weighted by atomic mass is 10.4. The Morgan fingerprint density at radius 1 is 1.64 bits per heavy atom. The van der Waals surface area contributed by atoms with Gasteiger partial charge in [0.2, 0.25) is 5.91 Å². The number of hydrogen-bond acceptors (Lipinski definition) is 4. The van der Waals surface area contributed by atoms with Crippen LogP contribution in [0.1, 0.15) is 12.2 Å². The van der Waals surface area contributed by atoms with Gasteiger partial charge in [0, 0.05) is 27.1 Å². The summed E-state index contributed by atoms with van der Waals surface area (Å²) in [6.45, 7) is 1.28. The summed E-state index contributed by atoms with van der Waals surface area (Å²) in [4.78, 5) is 10.9. The molecule has 0 unspecified atom stereocenters. The predicted molar refractivity (Wildman–Crippen MR) is 51.4 cm³/mol. The Morgan fingerprint density at radius 2 is 2.43 bits per heavy atom. The first-order chi connectivity index (χ1) is 6.74. The van der Waals surface area contributed by atoms with Crippen molar-refractivity contribution in [3.05, 3.63) is 12.2 Å². The van der Waals surface area contributed by atoms with Crippen molar-refractivity contribution in [1.29, 1.82) is 0 Å². The van der Waals surface area contributed by atoms with Crippen LogP contribution in [0.15, 0.2) is 6.33 Å². The molecule has 0 spiro atoms. The maximum atomic E-state index is 10.9. The number of carbonyl (C=O) groups excluding carboxylic acids is 1.